The Morgan fingerprint density at radius 1 is 1.03 bits per heavy atom. The number of para-hydroxylation sites is 1. The molecule has 1 atom stereocenters. The first-order valence-corrected chi connectivity index (χ1v) is 11.6. The van der Waals surface area contributed by atoms with Crippen molar-refractivity contribution in [1.29, 1.82) is 0 Å². The number of fused-ring (bicyclic) bond motifs is 2. The molecule has 2 aliphatic rings. The van der Waals surface area contributed by atoms with Crippen molar-refractivity contribution in [3.8, 4) is 5.75 Å². The van der Waals surface area contributed by atoms with Crippen molar-refractivity contribution in [2.45, 2.75) is 19.4 Å². The number of ether oxygens (including phenoxy) is 2. The highest BCUT2D eigenvalue weighted by Gasteiger charge is 2.42. The van der Waals surface area contributed by atoms with Crippen LogP contribution < -0.4 is 10.2 Å². The van der Waals surface area contributed by atoms with E-state index in [-0.39, 0.29) is 17.1 Å². The molecule has 3 heterocycles. The second kappa shape index (κ2) is 9.37. The van der Waals surface area contributed by atoms with Gasteiger partial charge < -0.3 is 18.8 Å². The van der Waals surface area contributed by atoms with Gasteiger partial charge in [0.05, 0.1) is 36.8 Å². The molecule has 5 rings (SSSR count). The molecule has 7 nitrogen and oxygen atoms in total. The molecule has 3 aromatic rings. The van der Waals surface area contributed by atoms with Crippen LogP contribution >= 0.6 is 0 Å². The largest absolute Gasteiger partial charge is 0.494 e. The standard InChI is InChI=1S/C26H28N2O5/c1-2-14-32-19-7-5-6-18(17-19)23-22-24(29)20-8-3-4-9-21(20)33-25(22)26(30)28(23)11-10-27-12-15-31-16-13-27/h3-9,17,23H,2,10-16H2,1H3/t23-/m0/s1. The van der Waals surface area contributed by atoms with Crippen LogP contribution in [0, 0.1) is 0 Å². The van der Waals surface area contributed by atoms with Crippen LogP contribution in [0.15, 0.2) is 57.7 Å². The summed E-state index contributed by atoms with van der Waals surface area (Å²) in [6.07, 6.45) is 0.899. The minimum absolute atomic E-state index is 0.144. The van der Waals surface area contributed by atoms with Gasteiger partial charge in [-0.15, -0.1) is 0 Å². The summed E-state index contributed by atoms with van der Waals surface area (Å²) in [5.74, 6) is 0.630. The first-order valence-electron chi connectivity index (χ1n) is 11.6. The van der Waals surface area contributed by atoms with E-state index in [0.717, 1.165) is 30.8 Å². The van der Waals surface area contributed by atoms with Crippen molar-refractivity contribution >= 4 is 16.9 Å². The molecule has 2 aliphatic heterocycles. The molecule has 0 radical (unpaired) electrons. The van der Waals surface area contributed by atoms with Gasteiger partial charge in [-0.2, -0.15) is 0 Å². The van der Waals surface area contributed by atoms with Crippen LogP contribution in [0.4, 0.5) is 0 Å². The summed E-state index contributed by atoms with van der Waals surface area (Å²) in [5.41, 5.74) is 1.54. The summed E-state index contributed by atoms with van der Waals surface area (Å²) in [6, 6.07) is 14.3. The van der Waals surface area contributed by atoms with E-state index >= 15 is 0 Å². The highest BCUT2D eigenvalue weighted by molar-refractivity contribution is 5.99. The Morgan fingerprint density at radius 2 is 1.85 bits per heavy atom. The second-order valence-electron chi connectivity index (χ2n) is 8.45. The van der Waals surface area contributed by atoms with E-state index in [2.05, 4.69) is 11.8 Å². The summed E-state index contributed by atoms with van der Waals surface area (Å²) >= 11 is 0. The molecule has 1 fully saturated rings. The predicted molar refractivity (Wildman–Crippen MR) is 125 cm³/mol. The van der Waals surface area contributed by atoms with Crippen LogP contribution in [0.5, 0.6) is 5.75 Å². The number of hydrogen-bond donors (Lipinski definition) is 0. The number of hydrogen-bond acceptors (Lipinski definition) is 6. The monoisotopic (exact) mass is 448 g/mol. The van der Waals surface area contributed by atoms with E-state index in [9.17, 15) is 9.59 Å². The fourth-order valence-electron chi connectivity index (χ4n) is 4.61. The lowest BCUT2D eigenvalue weighted by Gasteiger charge is -2.31. The molecule has 1 amide bonds. The Bertz CT molecular complexity index is 1210. The van der Waals surface area contributed by atoms with E-state index in [1.165, 1.54) is 0 Å². The average molecular weight is 449 g/mol. The van der Waals surface area contributed by atoms with Crippen LogP contribution in [-0.4, -0.2) is 61.7 Å². The third-order valence-electron chi connectivity index (χ3n) is 6.28. The minimum Gasteiger partial charge on any atom is -0.494 e. The molecule has 0 spiro atoms. The molecule has 33 heavy (non-hydrogen) atoms. The number of morpholine rings is 1. The topological polar surface area (TPSA) is 72.2 Å². The molecule has 172 valence electrons. The lowest BCUT2D eigenvalue weighted by atomic mass is 9.98. The zero-order valence-corrected chi connectivity index (χ0v) is 18.8. The zero-order chi connectivity index (χ0) is 22.8. The molecule has 0 unspecified atom stereocenters. The van der Waals surface area contributed by atoms with E-state index in [0.29, 0.717) is 49.4 Å². The van der Waals surface area contributed by atoms with Gasteiger partial charge in [-0.05, 0) is 36.2 Å². The van der Waals surface area contributed by atoms with Crippen LogP contribution in [-0.2, 0) is 4.74 Å². The summed E-state index contributed by atoms with van der Waals surface area (Å²) in [6.45, 7) is 6.92. The number of carbonyl (C=O) groups excluding carboxylic acids is 1. The maximum atomic E-state index is 13.6. The third-order valence-corrected chi connectivity index (χ3v) is 6.28. The average Bonchev–Trinajstić information content (AvgIpc) is 3.14. The highest BCUT2D eigenvalue weighted by atomic mass is 16.5. The van der Waals surface area contributed by atoms with Crippen molar-refractivity contribution in [1.82, 2.24) is 9.80 Å². The number of benzene rings is 2. The minimum atomic E-state index is -0.514. The Kier molecular flexibility index (Phi) is 6.15. The zero-order valence-electron chi connectivity index (χ0n) is 18.8. The molecule has 0 bridgehead atoms. The smallest absolute Gasteiger partial charge is 0.290 e. The van der Waals surface area contributed by atoms with Gasteiger partial charge in [-0.25, -0.2) is 0 Å². The second-order valence-corrected chi connectivity index (χ2v) is 8.45. The Labute approximate surface area is 192 Å². The van der Waals surface area contributed by atoms with Gasteiger partial charge in [0.15, 0.2) is 5.43 Å². The summed E-state index contributed by atoms with van der Waals surface area (Å²) in [4.78, 5) is 31.1. The van der Waals surface area contributed by atoms with E-state index in [1.807, 2.05) is 30.3 Å². The molecule has 1 aromatic heterocycles. The van der Waals surface area contributed by atoms with Gasteiger partial charge in [0.25, 0.3) is 5.91 Å². The Morgan fingerprint density at radius 3 is 2.67 bits per heavy atom. The molecule has 7 heteroatoms. The lowest BCUT2D eigenvalue weighted by Crippen LogP contribution is -2.42. The Balaban J connectivity index is 1.57. The fourth-order valence-corrected chi connectivity index (χ4v) is 4.61. The lowest BCUT2D eigenvalue weighted by molar-refractivity contribution is 0.0314. The van der Waals surface area contributed by atoms with Crippen LogP contribution in [0.2, 0.25) is 0 Å². The first kappa shape index (κ1) is 21.7. The van der Waals surface area contributed by atoms with Gasteiger partial charge >= 0.3 is 0 Å². The molecule has 1 saturated heterocycles. The van der Waals surface area contributed by atoms with Gasteiger partial charge in [-0.1, -0.05) is 31.2 Å². The number of nitrogens with zero attached hydrogens (tertiary/aromatic N) is 2. The fraction of sp³-hybridized carbons (Fsp3) is 0.385. The van der Waals surface area contributed by atoms with Gasteiger partial charge in [0.2, 0.25) is 5.76 Å². The molecule has 0 N–H and O–H groups in total. The van der Waals surface area contributed by atoms with Gasteiger partial charge in [-0.3, -0.25) is 14.5 Å². The van der Waals surface area contributed by atoms with Gasteiger partial charge in [0.1, 0.15) is 11.3 Å². The number of amides is 1. The van der Waals surface area contributed by atoms with Crippen molar-refractivity contribution in [3.63, 3.8) is 0 Å². The van der Waals surface area contributed by atoms with E-state index in [4.69, 9.17) is 13.9 Å². The van der Waals surface area contributed by atoms with E-state index in [1.54, 1.807) is 23.1 Å². The molecule has 0 aliphatic carbocycles. The summed E-state index contributed by atoms with van der Waals surface area (Å²) in [5, 5.41) is 0.488. The van der Waals surface area contributed by atoms with Crippen molar-refractivity contribution in [2.24, 2.45) is 0 Å². The first-order chi connectivity index (χ1) is 16.2. The maximum absolute atomic E-state index is 13.6. The quantitative estimate of drug-likeness (QED) is 0.551. The molecule has 0 saturated carbocycles. The highest BCUT2D eigenvalue weighted by Crippen LogP contribution is 2.38. The molecular weight excluding hydrogens is 420 g/mol. The number of rotatable bonds is 7. The van der Waals surface area contributed by atoms with Gasteiger partial charge in [0, 0.05) is 26.2 Å². The molecular formula is C26H28N2O5. The van der Waals surface area contributed by atoms with Crippen LogP contribution in [0.3, 0.4) is 0 Å². The summed E-state index contributed by atoms with van der Waals surface area (Å²) < 4.78 is 17.3. The predicted octanol–water partition coefficient (Wildman–Crippen LogP) is 3.46. The van der Waals surface area contributed by atoms with Crippen LogP contribution in [0.1, 0.15) is 41.1 Å². The van der Waals surface area contributed by atoms with Crippen molar-refractivity contribution in [2.75, 3.05) is 46.0 Å². The maximum Gasteiger partial charge on any atom is 0.290 e. The number of carbonyl (C=O) groups is 1. The third kappa shape index (κ3) is 4.14. The Hall–Kier alpha value is -3.16. The summed E-state index contributed by atoms with van der Waals surface area (Å²) in [7, 11) is 0. The van der Waals surface area contributed by atoms with E-state index < -0.39 is 6.04 Å². The van der Waals surface area contributed by atoms with Crippen molar-refractivity contribution < 1.29 is 18.7 Å². The van der Waals surface area contributed by atoms with Crippen LogP contribution in [0.25, 0.3) is 11.0 Å². The SMILES string of the molecule is CCCOc1cccc([C@H]2c3c(oc4ccccc4c3=O)C(=O)N2CCN2CCOCC2)c1. The van der Waals surface area contributed by atoms with Crippen molar-refractivity contribution in [3.05, 3.63) is 75.6 Å². The molecule has 2 aromatic carbocycles. The normalized spacial score (nSPS) is 18.6.